The van der Waals surface area contributed by atoms with Crippen molar-refractivity contribution in [1.82, 2.24) is 5.43 Å². The second kappa shape index (κ2) is 10.6. The number of hydrogen-bond acceptors (Lipinski definition) is 5. The monoisotopic (exact) mass is 485 g/mol. The molecule has 174 valence electrons. The van der Waals surface area contributed by atoms with E-state index in [2.05, 4.69) is 15.8 Å². The fourth-order valence-corrected chi connectivity index (χ4v) is 3.53. The van der Waals surface area contributed by atoms with Crippen molar-refractivity contribution in [3.8, 4) is 5.75 Å². The van der Waals surface area contributed by atoms with Gasteiger partial charge >= 0.3 is 17.8 Å². The molecule has 4 aromatic rings. The molecule has 8 heteroatoms. The van der Waals surface area contributed by atoms with E-state index in [1.54, 1.807) is 61.5 Å². The number of hydrogen-bond donors (Lipinski definition) is 2. The molecule has 2 N–H and O–H groups in total. The molecule has 0 aromatic heterocycles. The van der Waals surface area contributed by atoms with E-state index in [1.807, 2.05) is 30.3 Å². The number of ether oxygens (including phenoxy) is 1. The molecule has 4 aromatic carbocycles. The fourth-order valence-electron chi connectivity index (χ4n) is 3.36. The number of fused-ring (bicyclic) bond motifs is 1. The van der Waals surface area contributed by atoms with Gasteiger partial charge in [0.05, 0.1) is 11.8 Å². The van der Waals surface area contributed by atoms with E-state index in [4.69, 9.17) is 16.3 Å². The van der Waals surface area contributed by atoms with Gasteiger partial charge in [-0.1, -0.05) is 66.2 Å². The molecule has 0 fully saturated rings. The molecular weight excluding hydrogens is 466 g/mol. The van der Waals surface area contributed by atoms with Crippen LogP contribution in [0.5, 0.6) is 5.75 Å². The van der Waals surface area contributed by atoms with Gasteiger partial charge in [-0.15, -0.1) is 0 Å². The topological polar surface area (TPSA) is 96.9 Å². The number of anilines is 1. The average molecular weight is 486 g/mol. The van der Waals surface area contributed by atoms with E-state index in [9.17, 15) is 14.4 Å². The van der Waals surface area contributed by atoms with Crippen molar-refractivity contribution < 1.29 is 19.1 Å². The molecular formula is C27H20ClN3O4. The number of hydrazone groups is 1. The quantitative estimate of drug-likeness (QED) is 0.135. The first-order valence-corrected chi connectivity index (χ1v) is 11.0. The van der Waals surface area contributed by atoms with Crippen LogP contribution in [0.15, 0.2) is 90.0 Å². The minimum atomic E-state index is -0.969. The predicted octanol–water partition coefficient (Wildman–Crippen LogP) is 5.11. The summed E-state index contributed by atoms with van der Waals surface area (Å²) in [6.07, 6.45) is 1.34. The minimum Gasteiger partial charge on any atom is -0.422 e. The third-order valence-electron chi connectivity index (χ3n) is 5.22. The van der Waals surface area contributed by atoms with Crippen molar-refractivity contribution in [3.63, 3.8) is 0 Å². The lowest BCUT2D eigenvalue weighted by molar-refractivity contribution is -0.136. The van der Waals surface area contributed by atoms with Crippen LogP contribution >= 0.6 is 11.6 Å². The number of amides is 2. The summed E-state index contributed by atoms with van der Waals surface area (Å²) in [5, 5.41) is 8.54. The Kier molecular flexibility index (Phi) is 7.18. The van der Waals surface area contributed by atoms with Crippen LogP contribution in [0, 0.1) is 6.92 Å². The molecule has 7 nitrogen and oxygen atoms in total. The van der Waals surface area contributed by atoms with Crippen molar-refractivity contribution in [3.05, 3.63) is 107 Å². The number of nitrogens with one attached hydrogen (secondary N) is 2. The number of carbonyl (C=O) groups excluding carboxylic acids is 3. The second-order valence-corrected chi connectivity index (χ2v) is 7.93. The van der Waals surface area contributed by atoms with Crippen molar-refractivity contribution in [2.45, 2.75) is 6.92 Å². The molecule has 0 unspecified atom stereocenters. The predicted molar refractivity (Wildman–Crippen MR) is 136 cm³/mol. The van der Waals surface area contributed by atoms with Gasteiger partial charge in [-0.3, -0.25) is 9.59 Å². The number of esters is 1. The maximum Gasteiger partial charge on any atom is 0.343 e. The summed E-state index contributed by atoms with van der Waals surface area (Å²) in [7, 11) is 0. The Balaban J connectivity index is 1.54. The third kappa shape index (κ3) is 5.54. The van der Waals surface area contributed by atoms with Gasteiger partial charge in [0.25, 0.3) is 0 Å². The maximum atomic E-state index is 12.6. The molecule has 0 heterocycles. The Morgan fingerprint density at radius 2 is 1.60 bits per heavy atom. The molecule has 0 bridgehead atoms. The van der Waals surface area contributed by atoms with Gasteiger partial charge in [0.2, 0.25) is 0 Å². The highest BCUT2D eigenvalue weighted by Gasteiger charge is 2.16. The van der Waals surface area contributed by atoms with Crippen LogP contribution < -0.4 is 15.5 Å². The van der Waals surface area contributed by atoms with Crippen molar-refractivity contribution >= 4 is 52.1 Å². The number of nitrogens with zero attached hydrogens (tertiary/aromatic N) is 1. The van der Waals surface area contributed by atoms with E-state index in [-0.39, 0.29) is 5.75 Å². The molecule has 0 saturated heterocycles. The maximum absolute atomic E-state index is 12.6. The number of halogens is 1. The molecule has 4 rings (SSSR count). The van der Waals surface area contributed by atoms with Gasteiger partial charge in [-0.05, 0) is 53.6 Å². The summed E-state index contributed by atoms with van der Waals surface area (Å²) in [5.74, 6) is -2.14. The number of carbonyl (C=O) groups is 3. The highest BCUT2D eigenvalue weighted by molar-refractivity contribution is 6.40. The first kappa shape index (κ1) is 23.7. The van der Waals surface area contributed by atoms with Crippen LogP contribution in [0.2, 0.25) is 5.02 Å². The normalized spacial score (nSPS) is 10.8. The molecule has 0 atom stereocenters. The van der Waals surface area contributed by atoms with E-state index < -0.39 is 17.8 Å². The fraction of sp³-hybridized carbons (Fsp3) is 0.0370. The van der Waals surface area contributed by atoms with Gasteiger partial charge in [-0.2, -0.15) is 5.10 Å². The highest BCUT2D eigenvalue weighted by Crippen LogP contribution is 2.27. The van der Waals surface area contributed by atoms with E-state index in [1.165, 1.54) is 6.21 Å². The lowest BCUT2D eigenvalue weighted by Gasteiger charge is -2.11. The van der Waals surface area contributed by atoms with E-state index >= 15 is 0 Å². The van der Waals surface area contributed by atoms with Crippen LogP contribution in [-0.2, 0) is 9.59 Å². The molecule has 0 aliphatic rings. The summed E-state index contributed by atoms with van der Waals surface area (Å²) >= 11 is 6.05. The molecule has 0 aliphatic heterocycles. The van der Waals surface area contributed by atoms with Crippen LogP contribution in [0.4, 0.5) is 5.69 Å². The average Bonchev–Trinajstić information content (AvgIpc) is 2.88. The minimum absolute atomic E-state index is 0.259. The highest BCUT2D eigenvalue weighted by atomic mass is 35.5. The Labute approximate surface area is 206 Å². The first-order valence-electron chi connectivity index (χ1n) is 10.6. The largest absolute Gasteiger partial charge is 0.422 e. The van der Waals surface area contributed by atoms with Crippen molar-refractivity contribution in [2.24, 2.45) is 5.10 Å². The summed E-state index contributed by atoms with van der Waals surface area (Å²) in [6.45, 7) is 1.73. The van der Waals surface area contributed by atoms with Gasteiger partial charge in [-0.25, -0.2) is 10.2 Å². The van der Waals surface area contributed by atoms with Crippen LogP contribution in [0.3, 0.4) is 0 Å². The zero-order valence-electron chi connectivity index (χ0n) is 18.6. The van der Waals surface area contributed by atoms with Gasteiger partial charge in [0, 0.05) is 16.3 Å². The third-order valence-corrected chi connectivity index (χ3v) is 5.63. The summed E-state index contributed by atoms with van der Waals surface area (Å²) in [4.78, 5) is 37.2. The number of benzene rings is 4. The Morgan fingerprint density at radius 3 is 2.40 bits per heavy atom. The standard InChI is InChI=1S/C27H20ClN3O4/c1-17-22(28)12-7-13-23(17)30-25(32)26(33)31-29-16-21-20-11-6-5-8-18(20)14-15-24(21)35-27(34)19-9-3-2-4-10-19/h2-16H,1H3,(H,30,32)(H,31,33)/b29-16+. The van der Waals surface area contributed by atoms with Gasteiger partial charge < -0.3 is 10.1 Å². The van der Waals surface area contributed by atoms with Gasteiger partial charge in [0.1, 0.15) is 5.75 Å². The van der Waals surface area contributed by atoms with Crippen LogP contribution in [0.1, 0.15) is 21.5 Å². The van der Waals surface area contributed by atoms with E-state index in [0.717, 1.165) is 10.8 Å². The van der Waals surface area contributed by atoms with Crippen LogP contribution in [0.25, 0.3) is 10.8 Å². The zero-order chi connectivity index (χ0) is 24.8. The first-order chi connectivity index (χ1) is 16.9. The smallest absolute Gasteiger partial charge is 0.343 e. The number of rotatable bonds is 5. The molecule has 0 radical (unpaired) electrons. The van der Waals surface area contributed by atoms with Gasteiger partial charge in [0.15, 0.2) is 0 Å². The Hall–Kier alpha value is -4.49. The lowest BCUT2D eigenvalue weighted by atomic mass is 10.0. The Bertz CT molecular complexity index is 1450. The SMILES string of the molecule is Cc1c(Cl)cccc1NC(=O)C(=O)N/N=C/c1c(OC(=O)c2ccccc2)ccc2ccccc12. The Morgan fingerprint density at radius 1 is 0.857 bits per heavy atom. The molecule has 0 saturated carbocycles. The molecule has 0 aliphatic carbocycles. The lowest BCUT2D eigenvalue weighted by Crippen LogP contribution is -2.32. The van der Waals surface area contributed by atoms with Crippen molar-refractivity contribution in [2.75, 3.05) is 5.32 Å². The molecule has 0 spiro atoms. The zero-order valence-corrected chi connectivity index (χ0v) is 19.4. The summed E-state index contributed by atoms with van der Waals surface area (Å²) < 4.78 is 5.61. The summed E-state index contributed by atoms with van der Waals surface area (Å²) in [6, 6.07) is 24.5. The van der Waals surface area contributed by atoms with Crippen LogP contribution in [-0.4, -0.2) is 24.0 Å². The summed E-state index contributed by atoms with van der Waals surface area (Å²) in [5.41, 5.74) is 4.13. The second-order valence-electron chi connectivity index (χ2n) is 7.52. The molecule has 35 heavy (non-hydrogen) atoms. The molecule has 2 amide bonds. The van der Waals surface area contributed by atoms with Crippen molar-refractivity contribution in [1.29, 1.82) is 0 Å². The van der Waals surface area contributed by atoms with E-state index in [0.29, 0.717) is 27.4 Å².